The molecule has 3 aromatic rings. The van der Waals surface area contributed by atoms with Gasteiger partial charge in [0.15, 0.2) is 0 Å². The van der Waals surface area contributed by atoms with Gasteiger partial charge in [0.05, 0.1) is 10.2 Å². The highest BCUT2D eigenvalue weighted by molar-refractivity contribution is 7.18. The summed E-state index contributed by atoms with van der Waals surface area (Å²) in [6, 6.07) is 15.6. The molecule has 2 N–H and O–H groups in total. The lowest BCUT2D eigenvalue weighted by Gasteiger charge is -2.10. The summed E-state index contributed by atoms with van der Waals surface area (Å²) in [6.07, 6.45) is 0. The van der Waals surface area contributed by atoms with Crippen LogP contribution < -0.4 is 5.73 Å². The van der Waals surface area contributed by atoms with Crippen LogP contribution in [0.25, 0.3) is 10.2 Å². The van der Waals surface area contributed by atoms with Gasteiger partial charge >= 0.3 is 0 Å². The van der Waals surface area contributed by atoms with Gasteiger partial charge in [-0.3, -0.25) is 4.79 Å². The SMILES string of the molecule is Cc1cccc2sc(C(C(N)=O)c3ccccc3)nc12. The number of thiazole rings is 1. The van der Waals surface area contributed by atoms with E-state index in [0.29, 0.717) is 0 Å². The smallest absolute Gasteiger partial charge is 0.231 e. The number of fused-ring (bicyclic) bond motifs is 1. The number of carbonyl (C=O) groups excluding carboxylic acids is 1. The minimum Gasteiger partial charge on any atom is -0.369 e. The average Bonchev–Trinajstić information content (AvgIpc) is 2.85. The monoisotopic (exact) mass is 282 g/mol. The normalized spacial score (nSPS) is 12.4. The number of primary amides is 1. The van der Waals surface area contributed by atoms with Crippen LogP contribution in [0.1, 0.15) is 22.1 Å². The third-order valence-electron chi connectivity index (χ3n) is 3.30. The first kappa shape index (κ1) is 12.8. The van der Waals surface area contributed by atoms with E-state index in [1.54, 1.807) is 0 Å². The number of rotatable bonds is 3. The Morgan fingerprint density at radius 2 is 1.90 bits per heavy atom. The molecular formula is C16H14N2OS. The van der Waals surface area contributed by atoms with E-state index in [-0.39, 0.29) is 5.91 Å². The Bertz CT molecular complexity index is 765. The molecule has 0 radical (unpaired) electrons. The fraction of sp³-hybridized carbons (Fsp3) is 0.125. The molecule has 0 bridgehead atoms. The van der Waals surface area contributed by atoms with Gasteiger partial charge < -0.3 is 5.73 Å². The van der Waals surface area contributed by atoms with Crippen LogP contribution in [0.3, 0.4) is 0 Å². The van der Waals surface area contributed by atoms with Crippen LogP contribution in [0.4, 0.5) is 0 Å². The summed E-state index contributed by atoms with van der Waals surface area (Å²) >= 11 is 1.53. The molecule has 2 aromatic carbocycles. The van der Waals surface area contributed by atoms with Crippen LogP contribution in [0.5, 0.6) is 0 Å². The number of amides is 1. The molecule has 4 heteroatoms. The second-order valence-corrected chi connectivity index (χ2v) is 5.78. The zero-order chi connectivity index (χ0) is 14.1. The van der Waals surface area contributed by atoms with Crippen molar-refractivity contribution in [3.8, 4) is 0 Å². The van der Waals surface area contributed by atoms with E-state index in [4.69, 9.17) is 5.73 Å². The molecule has 0 aliphatic rings. The van der Waals surface area contributed by atoms with E-state index in [1.807, 2.05) is 55.5 Å². The van der Waals surface area contributed by atoms with Gasteiger partial charge in [-0.05, 0) is 24.1 Å². The Kier molecular flexibility index (Phi) is 3.24. The molecule has 20 heavy (non-hydrogen) atoms. The van der Waals surface area contributed by atoms with Crippen LogP contribution in [-0.4, -0.2) is 10.9 Å². The number of nitrogens with zero attached hydrogens (tertiary/aromatic N) is 1. The quantitative estimate of drug-likeness (QED) is 0.802. The Morgan fingerprint density at radius 1 is 1.15 bits per heavy atom. The van der Waals surface area contributed by atoms with Crippen molar-refractivity contribution in [1.29, 1.82) is 0 Å². The minimum atomic E-state index is -0.479. The third-order valence-corrected chi connectivity index (χ3v) is 4.39. The average molecular weight is 282 g/mol. The summed E-state index contributed by atoms with van der Waals surface area (Å²) in [5, 5.41) is 0.757. The summed E-state index contributed by atoms with van der Waals surface area (Å²) in [5.74, 6) is -0.846. The maximum Gasteiger partial charge on any atom is 0.231 e. The summed E-state index contributed by atoms with van der Waals surface area (Å²) in [5.41, 5.74) is 8.54. The number of para-hydroxylation sites is 1. The molecule has 1 amide bonds. The highest BCUT2D eigenvalue weighted by atomic mass is 32.1. The first-order chi connectivity index (χ1) is 9.66. The number of benzene rings is 2. The zero-order valence-corrected chi connectivity index (χ0v) is 11.9. The van der Waals surface area contributed by atoms with E-state index < -0.39 is 5.92 Å². The predicted octanol–water partition coefficient (Wildman–Crippen LogP) is 3.22. The highest BCUT2D eigenvalue weighted by Crippen LogP contribution is 2.32. The Hall–Kier alpha value is -2.20. The summed E-state index contributed by atoms with van der Waals surface area (Å²) in [7, 11) is 0. The molecule has 1 atom stereocenters. The highest BCUT2D eigenvalue weighted by Gasteiger charge is 2.24. The second-order valence-electron chi connectivity index (χ2n) is 4.72. The maximum absolute atomic E-state index is 11.9. The molecule has 1 unspecified atom stereocenters. The van der Waals surface area contributed by atoms with Crippen molar-refractivity contribution in [2.45, 2.75) is 12.8 Å². The summed E-state index contributed by atoms with van der Waals surface area (Å²) < 4.78 is 1.09. The van der Waals surface area contributed by atoms with E-state index in [1.165, 1.54) is 11.3 Å². The van der Waals surface area contributed by atoms with Gasteiger partial charge in [-0.2, -0.15) is 0 Å². The number of aromatic nitrogens is 1. The van der Waals surface area contributed by atoms with Gasteiger partial charge in [0, 0.05) is 0 Å². The fourth-order valence-electron chi connectivity index (χ4n) is 2.30. The lowest BCUT2D eigenvalue weighted by Crippen LogP contribution is -2.22. The van der Waals surface area contributed by atoms with E-state index in [0.717, 1.165) is 26.4 Å². The molecule has 0 aliphatic carbocycles. The Balaban J connectivity index is 2.16. The van der Waals surface area contributed by atoms with Gasteiger partial charge in [-0.25, -0.2) is 4.98 Å². The van der Waals surface area contributed by atoms with E-state index in [9.17, 15) is 4.79 Å². The van der Waals surface area contributed by atoms with E-state index in [2.05, 4.69) is 4.98 Å². The number of aryl methyl sites for hydroxylation is 1. The molecule has 100 valence electrons. The molecule has 0 saturated heterocycles. The van der Waals surface area contributed by atoms with Gasteiger partial charge in [0.25, 0.3) is 0 Å². The van der Waals surface area contributed by atoms with Crippen LogP contribution in [0.2, 0.25) is 0 Å². The maximum atomic E-state index is 11.9. The Morgan fingerprint density at radius 3 is 2.55 bits per heavy atom. The standard InChI is InChI=1S/C16H14N2OS/c1-10-6-5-9-12-14(10)18-16(20-12)13(15(17)19)11-7-3-2-4-8-11/h2-9,13H,1H3,(H2,17,19). The van der Waals surface area contributed by atoms with Crippen molar-refractivity contribution in [2.24, 2.45) is 5.73 Å². The van der Waals surface area contributed by atoms with Crippen molar-refractivity contribution in [2.75, 3.05) is 0 Å². The number of hydrogen-bond acceptors (Lipinski definition) is 3. The van der Waals surface area contributed by atoms with Gasteiger partial charge in [0.1, 0.15) is 10.9 Å². The third kappa shape index (κ3) is 2.18. The topological polar surface area (TPSA) is 56.0 Å². The number of carbonyl (C=O) groups is 1. The fourth-order valence-corrected chi connectivity index (χ4v) is 3.48. The summed E-state index contributed by atoms with van der Waals surface area (Å²) in [6.45, 7) is 2.02. The molecule has 0 aliphatic heterocycles. The molecule has 0 saturated carbocycles. The Labute approximate surface area is 121 Å². The molecule has 3 rings (SSSR count). The molecule has 0 fully saturated rings. The minimum absolute atomic E-state index is 0.368. The zero-order valence-electron chi connectivity index (χ0n) is 11.0. The molecule has 1 aromatic heterocycles. The van der Waals surface area contributed by atoms with Crippen molar-refractivity contribution < 1.29 is 4.79 Å². The molecule has 1 heterocycles. The number of hydrogen-bond donors (Lipinski definition) is 1. The van der Waals surface area contributed by atoms with Gasteiger partial charge in [0.2, 0.25) is 5.91 Å². The van der Waals surface area contributed by atoms with Crippen molar-refractivity contribution >= 4 is 27.5 Å². The van der Waals surface area contributed by atoms with Crippen LogP contribution >= 0.6 is 11.3 Å². The first-order valence-corrected chi connectivity index (χ1v) is 7.19. The van der Waals surface area contributed by atoms with Crippen molar-refractivity contribution in [1.82, 2.24) is 4.98 Å². The number of nitrogens with two attached hydrogens (primary N) is 1. The largest absolute Gasteiger partial charge is 0.369 e. The van der Waals surface area contributed by atoms with Gasteiger partial charge in [-0.15, -0.1) is 11.3 Å². The summed E-state index contributed by atoms with van der Waals surface area (Å²) in [4.78, 5) is 16.5. The second kappa shape index (κ2) is 5.06. The van der Waals surface area contributed by atoms with Crippen molar-refractivity contribution in [3.63, 3.8) is 0 Å². The molecule has 0 spiro atoms. The van der Waals surface area contributed by atoms with Gasteiger partial charge in [-0.1, -0.05) is 42.5 Å². The first-order valence-electron chi connectivity index (χ1n) is 6.37. The predicted molar refractivity (Wildman–Crippen MR) is 81.8 cm³/mol. The molecular weight excluding hydrogens is 268 g/mol. The van der Waals surface area contributed by atoms with Crippen LogP contribution in [-0.2, 0) is 4.79 Å². The lowest BCUT2D eigenvalue weighted by atomic mass is 9.99. The van der Waals surface area contributed by atoms with E-state index >= 15 is 0 Å². The lowest BCUT2D eigenvalue weighted by molar-refractivity contribution is -0.118. The van der Waals surface area contributed by atoms with Crippen molar-refractivity contribution in [3.05, 3.63) is 64.7 Å². The molecule has 3 nitrogen and oxygen atoms in total. The van der Waals surface area contributed by atoms with Crippen LogP contribution in [0.15, 0.2) is 48.5 Å². The van der Waals surface area contributed by atoms with Crippen LogP contribution in [0, 0.1) is 6.92 Å².